The number of carbonyl (C=O) groups excluding carboxylic acids is 1. The van der Waals surface area contributed by atoms with Crippen LogP contribution in [0.15, 0.2) is 28.7 Å². The summed E-state index contributed by atoms with van der Waals surface area (Å²) in [5.41, 5.74) is 1.35. The molecular weight excluding hydrogens is 278 g/mol. The van der Waals surface area contributed by atoms with Crippen LogP contribution in [0.3, 0.4) is 0 Å². The van der Waals surface area contributed by atoms with Gasteiger partial charge in [0.2, 0.25) is 5.91 Å². The quantitative estimate of drug-likeness (QED) is 0.820. The van der Waals surface area contributed by atoms with E-state index in [0.717, 1.165) is 36.8 Å². The van der Waals surface area contributed by atoms with Crippen molar-refractivity contribution in [1.82, 2.24) is 4.90 Å². The Hall–Kier alpha value is -0.830. The zero-order chi connectivity index (χ0) is 11.8. The van der Waals surface area contributed by atoms with Gasteiger partial charge in [0.15, 0.2) is 0 Å². The van der Waals surface area contributed by atoms with Gasteiger partial charge in [-0.3, -0.25) is 4.79 Å². The van der Waals surface area contributed by atoms with Gasteiger partial charge in [0.25, 0.3) is 0 Å². The van der Waals surface area contributed by atoms with E-state index in [1.54, 1.807) is 0 Å². The van der Waals surface area contributed by atoms with Crippen molar-refractivity contribution in [1.29, 1.82) is 0 Å². The van der Waals surface area contributed by atoms with Gasteiger partial charge in [-0.25, -0.2) is 0 Å². The van der Waals surface area contributed by atoms with Crippen LogP contribution in [0.5, 0.6) is 0 Å². The Morgan fingerprint density at radius 2 is 2.12 bits per heavy atom. The molecule has 0 bridgehead atoms. The van der Waals surface area contributed by atoms with Gasteiger partial charge in [-0.15, -0.1) is 0 Å². The molecular formula is C14H16BrNO. The van der Waals surface area contributed by atoms with E-state index in [1.165, 1.54) is 5.56 Å². The number of hydrogen-bond acceptors (Lipinski definition) is 1. The highest BCUT2D eigenvalue weighted by Gasteiger charge is 2.36. The van der Waals surface area contributed by atoms with Crippen molar-refractivity contribution in [2.24, 2.45) is 5.92 Å². The highest BCUT2D eigenvalue weighted by Crippen LogP contribution is 2.35. The van der Waals surface area contributed by atoms with Crippen LogP contribution in [0.2, 0.25) is 0 Å². The number of likely N-dealkylation sites (tertiary alicyclic amines) is 1. The van der Waals surface area contributed by atoms with Gasteiger partial charge < -0.3 is 4.90 Å². The second kappa shape index (κ2) is 4.45. The van der Waals surface area contributed by atoms with E-state index in [1.807, 2.05) is 6.07 Å². The third-order valence-corrected chi connectivity index (χ3v) is 4.24. The molecule has 0 radical (unpaired) electrons. The van der Waals surface area contributed by atoms with Crippen molar-refractivity contribution < 1.29 is 4.79 Å². The standard InChI is InChI=1S/C14H16BrNO/c15-13-3-1-2-11(8-13)12-6-7-16(9-12)14(17)10-4-5-10/h1-3,8,10,12H,4-7,9H2. The van der Waals surface area contributed by atoms with Gasteiger partial charge in [-0.05, 0) is 37.0 Å². The molecule has 1 amide bonds. The molecule has 1 unspecified atom stereocenters. The molecule has 1 aliphatic carbocycles. The second-order valence-corrected chi connectivity index (χ2v) is 6.01. The van der Waals surface area contributed by atoms with Gasteiger partial charge in [-0.2, -0.15) is 0 Å². The SMILES string of the molecule is O=C(C1CC1)N1CCC(c2cccc(Br)c2)C1. The molecule has 0 spiro atoms. The minimum atomic E-state index is 0.358. The lowest BCUT2D eigenvalue weighted by molar-refractivity contribution is -0.131. The molecule has 1 saturated carbocycles. The van der Waals surface area contributed by atoms with Crippen molar-refractivity contribution in [2.75, 3.05) is 13.1 Å². The minimum Gasteiger partial charge on any atom is -0.342 e. The molecule has 90 valence electrons. The number of rotatable bonds is 2. The number of carbonyl (C=O) groups is 1. The van der Waals surface area contributed by atoms with Crippen LogP contribution in [0.25, 0.3) is 0 Å². The number of hydrogen-bond donors (Lipinski definition) is 0. The minimum absolute atomic E-state index is 0.358. The van der Waals surface area contributed by atoms with E-state index in [4.69, 9.17) is 0 Å². The van der Waals surface area contributed by atoms with Crippen LogP contribution in [0.1, 0.15) is 30.7 Å². The topological polar surface area (TPSA) is 20.3 Å². The van der Waals surface area contributed by atoms with E-state index in [0.29, 0.717) is 17.7 Å². The first-order valence-corrected chi connectivity index (χ1v) is 7.07. The molecule has 2 fully saturated rings. The lowest BCUT2D eigenvalue weighted by Crippen LogP contribution is -2.29. The van der Waals surface area contributed by atoms with Crippen LogP contribution in [0.4, 0.5) is 0 Å². The third-order valence-electron chi connectivity index (χ3n) is 3.75. The van der Waals surface area contributed by atoms with Crippen molar-refractivity contribution >= 4 is 21.8 Å². The van der Waals surface area contributed by atoms with Crippen LogP contribution in [-0.2, 0) is 4.79 Å². The first-order chi connectivity index (χ1) is 8.24. The summed E-state index contributed by atoms with van der Waals surface area (Å²) >= 11 is 3.51. The first kappa shape index (κ1) is 11.3. The van der Waals surface area contributed by atoms with E-state index >= 15 is 0 Å². The predicted molar refractivity (Wildman–Crippen MR) is 70.8 cm³/mol. The Morgan fingerprint density at radius 3 is 2.82 bits per heavy atom. The Kier molecular flexibility index (Phi) is 2.95. The fourth-order valence-electron chi connectivity index (χ4n) is 2.58. The number of benzene rings is 1. The maximum absolute atomic E-state index is 12.0. The Labute approximate surface area is 110 Å². The van der Waals surface area contributed by atoms with Gasteiger partial charge >= 0.3 is 0 Å². The summed E-state index contributed by atoms with van der Waals surface area (Å²) < 4.78 is 1.13. The van der Waals surface area contributed by atoms with E-state index < -0.39 is 0 Å². The number of halogens is 1. The molecule has 17 heavy (non-hydrogen) atoms. The molecule has 3 rings (SSSR count). The second-order valence-electron chi connectivity index (χ2n) is 5.10. The Morgan fingerprint density at radius 1 is 1.29 bits per heavy atom. The molecule has 0 N–H and O–H groups in total. The maximum Gasteiger partial charge on any atom is 0.225 e. The fourth-order valence-corrected chi connectivity index (χ4v) is 3.00. The lowest BCUT2D eigenvalue weighted by atomic mass is 9.99. The predicted octanol–water partition coefficient (Wildman–Crippen LogP) is 3.18. The molecule has 1 aromatic rings. The average Bonchev–Trinajstić information content (AvgIpc) is 3.05. The summed E-state index contributed by atoms with van der Waals surface area (Å²) in [6, 6.07) is 8.46. The van der Waals surface area contributed by atoms with Crippen molar-refractivity contribution in [2.45, 2.75) is 25.2 Å². The van der Waals surface area contributed by atoms with Crippen LogP contribution in [-0.4, -0.2) is 23.9 Å². The van der Waals surface area contributed by atoms with E-state index in [-0.39, 0.29) is 0 Å². The van der Waals surface area contributed by atoms with E-state index in [2.05, 4.69) is 39.0 Å². The van der Waals surface area contributed by atoms with Crippen LogP contribution < -0.4 is 0 Å². The summed E-state index contributed by atoms with van der Waals surface area (Å²) in [5.74, 6) is 1.27. The summed E-state index contributed by atoms with van der Waals surface area (Å²) in [6.45, 7) is 1.85. The monoisotopic (exact) mass is 293 g/mol. The Bertz CT molecular complexity index is 442. The molecule has 1 aliphatic heterocycles. The molecule has 1 atom stereocenters. The van der Waals surface area contributed by atoms with E-state index in [9.17, 15) is 4.79 Å². The molecule has 2 aliphatic rings. The third kappa shape index (κ3) is 2.39. The normalized spacial score (nSPS) is 24.1. The number of nitrogens with zero attached hydrogens (tertiary/aromatic N) is 1. The lowest BCUT2D eigenvalue weighted by Gasteiger charge is -2.16. The summed E-state index contributed by atoms with van der Waals surface area (Å²) in [7, 11) is 0. The first-order valence-electron chi connectivity index (χ1n) is 6.28. The molecule has 0 aromatic heterocycles. The van der Waals surface area contributed by atoms with Gasteiger partial charge in [-0.1, -0.05) is 28.1 Å². The fraction of sp³-hybridized carbons (Fsp3) is 0.500. The van der Waals surface area contributed by atoms with Crippen LogP contribution in [0, 0.1) is 5.92 Å². The van der Waals surface area contributed by atoms with Crippen molar-refractivity contribution in [3.8, 4) is 0 Å². The summed E-state index contributed by atoms with van der Waals surface area (Å²) in [4.78, 5) is 14.0. The van der Waals surface area contributed by atoms with Crippen molar-refractivity contribution in [3.05, 3.63) is 34.3 Å². The smallest absolute Gasteiger partial charge is 0.225 e. The largest absolute Gasteiger partial charge is 0.342 e. The highest BCUT2D eigenvalue weighted by molar-refractivity contribution is 9.10. The Balaban J connectivity index is 1.69. The summed E-state index contributed by atoms with van der Waals surface area (Å²) in [5, 5.41) is 0. The highest BCUT2D eigenvalue weighted by atomic mass is 79.9. The summed E-state index contributed by atoms with van der Waals surface area (Å²) in [6.07, 6.45) is 3.32. The zero-order valence-electron chi connectivity index (χ0n) is 9.73. The van der Waals surface area contributed by atoms with Gasteiger partial charge in [0, 0.05) is 29.4 Å². The van der Waals surface area contributed by atoms with Crippen molar-refractivity contribution in [3.63, 3.8) is 0 Å². The average molecular weight is 294 g/mol. The molecule has 1 saturated heterocycles. The number of amides is 1. The van der Waals surface area contributed by atoms with Crippen LogP contribution >= 0.6 is 15.9 Å². The molecule has 3 heteroatoms. The molecule has 1 heterocycles. The van der Waals surface area contributed by atoms with Gasteiger partial charge in [0.1, 0.15) is 0 Å². The molecule has 1 aromatic carbocycles. The molecule has 2 nitrogen and oxygen atoms in total. The van der Waals surface area contributed by atoms with Gasteiger partial charge in [0.05, 0.1) is 0 Å². The zero-order valence-corrected chi connectivity index (χ0v) is 11.3. The maximum atomic E-state index is 12.0.